The van der Waals surface area contributed by atoms with E-state index in [9.17, 15) is 9.59 Å². The molecule has 4 rings (SSSR count). The van der Waals surface area contributed by atoms with Crippen molar-refractivity contribution in [2.24, 2.45) is 5.92 Å². The maximum Gasteiger partial charge on any atom is 0.361 e. The van der Waals surface area contributed by atoms with Crippen LogP contribution in [0.15, 0.2) is 71.0 Å². The molecule has 1 N–H and O–H groups in total. The van der Waals surface area contributed by atoms with Gasteiger partial charge in [-0.15, -0.1) is 0 Å². The number of H-pyrrole nitrogens is 1. The van der Waals surface area contributed by atoms with Gasteiger partial charge in [-0.3, -0.25) is 4.79 Å². The van der Waals surface area contributed by atoms with Crippen LogP contribution in [0.5, 0.6) is 5.75 Å². The van der Waals surface area contributed by atoms with Crippen LogP contribution in [0.3, 0.4) is 0 Å². The Kier molecular flexibility index (Phi) is 9.52. The Labute approximate surface area is 244 Å². The third kappa shape index (κ3) is 8.91. The minimum absolute atomic E-state index is 0.0821. The second-order valence-electron chi connectivity index (χ2n) is 13.1. The molecule has 1 aliphatic rings. The third-order valence-electron chi connectivity index (χ3n) is 7.41. The number of rotatable bonds is 9. The molecule has 6 heteroatoms. The van der Waals surface area contributed by atoms with Crippen LogP contribution in [0.2, 0.25) is 0 Å². The Morgan fingerprint density at radius 1 is 0.976 bits per heavy atom. The number of esters is 1. The standard InChI is InChI=1S/C35H44N2O4/c1-34(2,3)28-20-18-25(19-21-28)13-12-24-14-16-26(17-15-24)22-29-36-30(33(39)41-35(4,5)6)31(32(38)37-29)40-23-27-10-8-7-9-11-27/h7-11,16,18-21,24H,12-15,17,22-23H2,1-6H3,(H,36,37,38). The van der Waals surface area contributed by atoms with E-state index in [-0.39, 0.29) is 23.5 Å². The van der Waals surface area contributed by atoms with Gasteiger partial charge in [-0.05, 0) is 80.9 Å². The van der Waals surface area contributed by atoms with Crippen LogP contribution in [0.1, 0.15) is 100 Å². The van der Waals surface area contributed by atoms with Crippen LogP contribution in [-0.2, 0) is 29.6 Å². The summed E-state index contributed by atoms with van der Waals surface area (Å²) in [5.74, 6) is 0.312. The van der Waals surface area contributed by atoms with Crippen molar-refractivity contribution in [2.45, 2.75) is 97.7 Å². The van der Waals surface area contributed by atoms with Gasteiger partial charge >= 0.3 is 5.97 Å². The molecule has 0 saturated carbocycles. The zero-order chi connectivity index (χ0) is 29.6. The topological polar surface area (TPSA) is 81.3 Å². The first-order valence-corrected chi connectivity index (χ1v) is 14.7. The molecule has 0 amide bonds. The number of nitrogens with zero attached hydrogens (tertiary/aromatic N) is 1. The van der Waals surface area contributed by atoms with Crippen LogP contribution in [-0.4, -0.2) is 21.5 Å². The maximum absolute atomic E-state index is 13.1. The Bertz CT molecular complexity index is 1410. The normalized spacial score (nSPS) is 15.8. The van der Waals surface area contributed by atoms with Crippen molar-refractivity contribution in [1.29, 1.82) is 0 Å². The zero-order valence-corrected chi connectivity index (χ0v) is 25.4. The van der Waals surface area contributed by atoms with E-state index in [0.29, 0.717) is 18.2 Å². The molecule has 218 valence electrons. The molecule has 0 spiro atoms. The van der Waals surface area contributed by atoms with Gasteiger partial charge in [-0.2, -0.15) is 0 Å². The average molecular weight is 557 g/mol. The summed E-state index contributed by atoms with van der Waals surface area (Å²) in [6.45, 7) is 12.2. The summed E-state index contributed by atoms with van der Waals surface area (Å²) in [6, 6.07) is 18.5. The molecule has 41 heavy (non-hydrogen) atoms. The number of carbonyl (C=O) groups excluding carboxylic acids is 1. The number of hydrogen-bond acceptors (Lipinski definition) is 5. The smallest absolute Gasteiger partial charge is 0.361 e. The van der Waals surface area contributed by atoms with Gasteiger partial charge in [-0.25, -0.2) is 9.78 Å². The first-order chi connectivity index (χ1) is 19.4. The van der Waals surface area contributed by atoms with Crippen LogP contribution < -0.4 is 10.3 Å². The summed E-state index contributed by atoms with van der Waals surface area (Å²) in [7, 11) is 0. The van der Waals surface area contributed by atoms with Crippen molar-refractivity contribution >= 4 is 5.97 Å². The van der Waals surface area contributed by atoms with Gasteiger partial charge in [0, 0.05) is 6.42 Å². The number of hydrogen-bond donors (Lipinski definition) is 1. The van der Waals surface area contributed by atoms with E-state index >= 15 is 0 Å². The number of allylic oxidation sites excluding steroid dienone is 2. The van der Waals surface area contributed by atoms with E-state index in [4.69, 9.17) is 9.47 Å². The molecule has 1 aromatic heterocycles. The Balaban J connectivity index is 1.42. The van der Waals surface area contributed by atoms with E-state index < -0.39 is 17.1 Å². The van der Waals surface area contributed by atoms with Gasteiger partial charge in [0.25, 0.3) is 5.56 Å². The number of carbonyl (C=O) groups is 1. The SMILES string of the molecule is CC(C)(C)OC(=O)c1nc(CC2=CCC(CCc3ccc(C(C)(C)C)cc3)CC2)[nH]c(=O)c1OCc1ccccc1. The molecule has 0 fully saturated rings. The summed E-state index contributed by atoms with van der Waals surface area (Å²) in [5.41, 5.74) is 3.75. The lowest BCUT2D eigenvalue weighted by Crippen LogP contribution is -2.28. The predicted molar refractivity (Wildman–Crippen MR) is 163 cm³/mol. The summed E-state index contributed by atoms with van der Waals surface area (Å²) in [5, 5.41) is 0. The molecule has 0 aliphatic heterocycles. The highest BCUT2D eigenvalue weighted by Gasteiger charge is 2.26. The van der Waals surface area contributed by atoms with Crippen LogP contribution in [0.4, 0.5) is 0 Å². The molecule has 0 radical (unpaired) electrons. The fraction of sp³-hybridized carbons (Fsp3) is 0.457. The highest BCUT2D eigenvalue weighted by atomic mass is 16.6. The lowest BCUT2D eigenvalue weighted by molar-refractivity contribution is 0.00572. The number of aromatic amines is 1. The van der Waals surface area contributed by atoms with Crippen molar-refractivity contribution in [3.8, 4) is 5.75 Å². The Morgan fingerprint density at radius 3 is 2.29 bits per heavy atom. The summed E-state index contributed by atoms with van der Waals surface area (Å²) in [6.07, 6.45) is 8.07. The average Bonchev–Trinajstić information content (AvgIpc) is 2.91. The minimum atomic E-state index is -0.728. The minimum Gasteiger partial charge on any atom is -0.481 e. The first kappa shape index (κ1) is 30.3. The first-order valence-electron chi connectivity index (χ1n) is 14.7. The van der Waals surface area contributed by atoms with Gasteiger partial charge in [0.05, 0.1) is 0 Å². The van der Waals surface area contributed by atoms with Gasteiger partial charge in [0.15, 0.2) is 5.69 Å². The molecule has 6 nitrogen and oxygen atoms in total. The third-order valence-corrected chi connectivity index (χ3v) is 7.41. The molecular weight excluding hydrogens is 512 g/mol. The van der Waals surface area contributed by atoms with Crippen molar-refractivity contribution in [3.63, 3.8) is 0 Å². The van der Waals surface area contributed by atoms with Gasteiger partial charge in [0.2, 0.25) is 5.75 Å². The fourth-order valence-corrected chi connectivity index (χ4v) is 5.04. The fourth-order valence-electron chi connectivity index (χ4n) is 5.04. The predicted octanol–water partition coefficient (Wildman–Crippen LogP) is 7.50. The highest BCUT2D eigenvalue weighted by Crippen LogP contribution is 2.30. The van der Waals surface area contributed by atoms with Gasteiger partial charge in [0.1, 0.15) is 18.0 Å². The Morgan fingerprint density at radius 2 is 1.68 bits per heavy atom. The summed E-state index contributed by atoms with van der Waals surface area (Å²) in [4.78, 5) is 33.5. The quantitative estimate of drug-likeness (QED) is 0.218. The number of aryl methyl sites for hydroxylation is 1. The molecule has 1 heterocycles. The number of ether oxygens (including phenoxy) is 2. The van der Waals surface area contributed by atoms with Crippen molar-refractivity contribution in [3.05, 3.63) is 105 Å². The number of nitrogens with one attached hydrogen (secondary N) is 1. The molecule has 3 aromatic rings. The molecule has 1 atom stereocenters. The lowest BCUT2D eigenvalue weighted by Gasteiger charge is -2.23. The van der Waals surface area contributed by atoms with E-state index in [1.165, 1.54) is 16.7 Å². The molecule has 1 aliphatic carbocycles. The zero-order valence-electron chi connectivity index (χ0n) is 25.4. The van der Waals surface area contributed by atoms with Gasteiger partial charge in [-0.1, -0.05) is 87.0 Å². The maximum atomic E-state index is 13.1. The summed E-state index contributed by atoms with van der Waals surface area (Å²) < 4.78 is 11.4. The van der Waals surface area contributed by atoms with E-state index in [0.717, 1.165) is 37.7 Å². The summed E-state index contributed by atoms with van der Waals surface area (Å²) >= 11 is 0. The lowest BCUT2D eigenvalue weighted by atomic mass is 9.83. The highest BCUT2D eigenvalue weighted by molar-refractivity contribution is 5.90. The van der Waals surface area contributed by atoms with E-state index in [2.05, 4.69) is 61.1 Å². The molecule has 2 aromatic carbocycles. The number of aromatic nitrogens is 2. The monoisotopic (exact) mass is 556 g/mol. The second kappa shape index (κ2) is 12.9. The second-order valence-corrected chi connectivity index (χ2v) is 13.1. The largest absolute Gasteiger partial charge is 0.481 e. The van der Waals surface area contributed by atoms with Crippen LogP contribution in [0, 0.1) is 5.92 Å². The van der Waals surface area contributed by atoms with Crippen LogP contribution >= 0.6 is 0 Å². The molecule has 0 saturated heterocycles. The van der Waals surface area contributed by atoms with Crippen molar-refractivity contribution < 1.29 is 14.3 Å². The van der Waals surface area contributed by atoms with Gasteiger partial charge < -0.3 is 14.5 Å². The molecular formula is C35H44N2O4. The van der Waals surface area contributed by atoms with Crippen molar-refractivity contribution in [2.75, 3.05) is 0 Å². The van der Waals surface area contributed by atoms with Crippen molar-refractivity contribution in [1.82, 2.24) is 9.97 Å². The van der Waals surface area contributed by atoms with E-state index in [1.807, 2.05) is 30.3 Å². The van der Waals surface area contributed by atoms with Crippen LogP contribution in [0.25, 0.3) is 0 Å². The van der Waals surface area contributed by atoms with E-state index in [1.54, 1.807) is 20.8 Å². The molecule has 1 unspecified atom stereocenters. The molecule has 0 bridgehead atoms. The number of benzene rings is 2. The Hall–Kier alpha value is -3.67.